The van der Waals surface area contributed by atoms with Gasteiger partial charge in [0.15, 0.2) is 5.11 Å². The molecule has 1 fully saturated rings. The maximum Gasteiger partial charge on any atom is 0.236 e. The van der Waals surface area contributed by atoms with E-state index in [4.69, 9.17) is 17.0 Å². The zero-order valence-corrected chi connectivity index (χ0v) is 14.7. The number of piperazine rings is 1. The summed E-state index contributed by atoms with van der Waals surface area (Å²) in [5, 5.41) is 3.95. The largest absolute Gasteiger partial charge is 0.497 e. The van der Waals surface area contributed by atoms with E-state index in [1.165, 1.54) is 0 Å². The predicted octanol–water partition coefficient (Wildman–Crippen LogP) is 1.10. The molecule has 0 atom stereocenters. The van der Waals surface area contributed by atoms with Crippen LogP contribution in [0.15, 0.2) is 24.3 Å². The number of methoxy groups -OCH3 is 1. The smallest absolute Gasteiger partial charge is 0.236 e. The third-order valence-corrected chi connectivity index (χ3v) is 4.20. The summed E-state index contributed by atoms with van der Waals surface area (Å²) in [5.41, 5.74) is 0.916. The normalized spacial score (nSPS) is 15.2. The molecule has 1 aromatic rings. The Morgan fingerprint density at radius 3 is 2.61 bits per heavy atom. The van der Waals surface area contributed by atoms with Crippen LogP contribution < -0.4 is 10.1 Å². The van der Waals surface area contributed by atoms with Crippen molar-refractivity contribution in [1.82, 2.24) is 14.7 Å². The number of ether oxygens (including phenoxy) is 1. The van der Waals surface area contributed by atoms with Gasteiger partial charge in [0, 0.05) is 52.0 Å². The maximum atomic E-state index is 11.7. The van der Waals surface area contributed by atoms with Crippen molar-refractivity contribution in [1.29, 1.82) is 0 Å². The molecular formula is C16H24N4O2S. The zero-order valence-electron chi connectivity index (χ0n) is 13.9. The molecule has 0 aromatic heterocycles. The van der Waals surface area contributed by atoms with Crippen molar-refractivity contribution in [2.75, 3.05) is 59.2 Å². The second-order valence-corrected chi connectivity index (χ2v) is 6.10. The second kappa shape index (κ2) is 8.12. The van der Waals surface area contributed by atoms with Gasteiger partial charge in [-0.15, -0.1) is 0 Å². The number of amides is 1. The highest BCUT2D eigenvalue weighted by molar-refractivity contribution is 7.80. The molecule has 1 aromatic carbocycles. The lowest BCUT2D eigenvalue weighted by Gasteiger charge is -2.36. The molecule has 0 bridgehead atoms. The summed E-state index contributed by atoms with van der Waals surface area (Å²) in [4.78, 5) is 17.7. The quantitative estimate of drug-likeness (QED) is 0.831. The van der Waals surface area contributed by atoms with E-state index in [1.807, 2.05) is 24.3 Å². The first kappa shape index (κ1) is 17.5. The zero-order chi connectivity index (χ0) is 16.8. The third kappa shape index (κ3) is 5.07. The van der Waals surface area contributed by atoms with Crippen molar-refractivity contribution in [3.05, 3.63) is 24.3 Å². The lowest BCUT2D eigenvalue weighted by atomic mass is 10.3. The van der Waals surface area contributed by atoms with Crippen molar-refractivity contribution in [2.45, 2.75) is 0 Å². The second-order valence-electron chi connectivity index (χ2n) is 5.71. The van der Waals surface area contributed by atoms with Gasteiger partial charge in [-0.2, -0.15) is 0 Å². The Morgan fingerprint density at radius 2 is 2.00 bits per heavy atom. The van der Waals surface area contributed by atoms with E-state index >= 15 is 0 Å². The monoisotopic (exact) mass is 336 g/mol. The molecule has 126 valence electrons. The minimum atomic E-state index is 0.135. The van der Waals surface area contributed by atoms with E-state index in [-0.39, 0.29) is 5.91 Å². The Hall–Kier alpha value is -1.86. The lowest BCUT2D eigenvalue weighted by Crippen LogP contribution is -2.51. The summed E-state index contributed by atoms with van der Waals surface area (Å²) in [6.07, 6.45) is 0. The standard InChI is InChI=1S/C16H24N4O2S/c1-18(2)15(21)12-19-7-9-20(10-8-19)16(23)17-13-5-4-6-14(11-13)22-3/h4-6,11H,7-10,12H2,1-3H3,(H,17,23). The Balaban J connectivity index is 1.82. The van der Waals surface area contributed by atoms with Crippen molar-refractivity contribution >= 4 is 28.9 Å². The fourth-order valence-electron chi connectivity index (χ4n) is 2.35. The van der Waals surface area contributed by atoms with E-state index in [9.17, 15) is 4.79 Å². The summed E-state index contributed by atoms with van der Waals surface area (Å²) >= 11 is 5.48. The van der Waals surface area contributed by atoms with Crippen LogP contribution in [0, 0.1) is 0 Å². The average molecular weight is 336 g/mol. The van der Waals surface area contributed by atoms with E-state index in [0.29, 0.717) is 11.7 Å². The molecule has 0 aliphatic carbocycles. The Labute approximate surface area is 143 Å². The fraction of sp³-hybridized carbons (Fsp3) is 0.500. The molecule has 7 heteroatoms. The highest BCUT2D eigenvalue weighted by Gasteiger charge is 2.21. The Bertz CT molecular complexity index is 557. The van der Waals surface area contributed by atoms with Crippen molar-refractivity contribution < 1.29 is 9.53 Å². The van der Waals surface area contributed by atoms with Crippen LogP contribution >= 0.6 is 12.2 Å². The molecule has 6 nitrogen and oxygen atoms in total. The molecule has 1 saturated heterocycles. The molecule has 1 N–H and O–H groups in total. The van der Waals surface area contributed by atoms with Crippen LogP contribution in [0.1, 0.15) is 0 Å². The highest BCUT2D eigenvalue weighted by Crippen LogP contribution is 2.17. The van der Waals surface area contributed by atoms with E-state index in [0.717, 1.165) is 37.6 Å². The fourth-order valence-corrected chi connectivity index (χ4v) is 2.65. The van der Waals surface area contributed by atoms with Gasteiger partial charge < -0.3 is 19.9 Å². The summed E-state index contributed by atoms with van der Waals surface area (Å²) in [5.74, 6) is 0.931. The van der Waals surface area contributed by atoms with Gasteiger partial charge in [-0.25, -0.2) is 0 Å². The van der Waals surface area contributed by atoms with Gasteiger partial charge in [-0.1, -0.05) is 6.07 Å². The van der Waals surface area contributed by atoms with Crippen LogP contribution in [0.2, 0.25) is 0 Å². The van der Waals surface area contributed by atoms with E-state index in [1.54, 1.807) is 26.1 Å². The molecule has 0 spiro atoms. The van der Waals surface area contributed by atoms with Gasteiger partial charge in [-0.05, 0) is 24.4 Å². The Morgan fingerprint density at radius 1 is 1.30 bits per heavy atom. The van der Waals surface area contributed by atoms with Crippen LogP contribution in [0.4, 0.5) is 5.69 Å². The third-order valence-electron chi connectivity index (χ3n) is 3.84. The van der Waals surface area contributed by atoms with Crippen LogP contribution in [0.3, 0.4) is 0 Å². The van der Waals surface area contributed by atoms with Crippen molar-refractivity contribution in [2.24, 2.45) is 0 Å². The molecule has 0 saturated carbocycles. The first-order chi connectivity index (χ1) is 11.0. The minimum absolute atomic E-state index is 0.135. The summed E-state index contributed by atoms with van der Waals surface area (Å²) < 4.78 is 5.21. The number of likely N-dealkylation sites (N-methyl/N-ethyl adjacent to an activating group) is 1. The molecule has 0 unspecified atom stereocenters. The van der Waals surface area contributed by atoms with E-state index in [2.05, 4.69) is 15.1 Å². The highest BCUT2D eigenvalue weighted by atomic mass is 32.1. The SMILES string of the molecule is COc1cccc(NC(=S)N2CCN(CC(=O)N(C)C)CC2)c1. The lowest BCUT2D eigenvalue weighted by molar-refractivity contribution is -0.130. The Kier molecular flexibility index (Phi) is 6.18. The molecule has 23 heavy (non-hydrogen) atoms. The molecule has 0 radical (unpaired) electrons. The predicted molar refractivity (Wildman–Crippen MR) is 95.9 cm³/mol. The van der Waals surface area contributed by atoms with Gasteiger partial charge in [0.05, 0.1) is 13.7 Å². The van der Waals surface area contributed by atoms with Crippen LogP contribution in [0.5, 0.6) is 5.75 Å². The maximum absolute atomic E-state index is 11.7. The van der Waals surface area contributed by atoms with E-state index < -0.39 is 0 Å². The number of hydrogen-bond donors (Lipinski definition) is 1. The van der Waals surface area contributed by atoms with Crippen LogP contribution in [-0.4, -0.2) is 79.6 Å². The average Bonchev–Trinajstić information content (AvgIpc) is 2.55. The summed E-state index contributed by atoms with van der Waals surface area (Å²) in [6, 6.07) is 7.70. The molecule has 1 amide bonds. The molecule has 2 rings (SSSR count). The molecule has 1 aliphatic rings. The van der Waals surface area contributed by atoms with Gasteiger partial charge >= 0.3 is 0 Å². The number of nitrogens with one attached hydrogen (secondary N) is 1. The first-order valence-electron chi connectivity index (χ1n) is 7.62. The van der Waals surface area contributed by atoms with Crippen molar-refractivity contribution in [3.8, 4) is 5.75 Å². The molecule has 1 heterocycles. The first-order valence-corrected chi connectivity index (χ1v) is 8.03. The number of anilines is 1. The number of carbonyl (C=O) groups is 1. The summed E-state index contributed by atoms with van der Waals surface area (Å²) in [6.45, 7) is 3.77. The number of hydrogen-bond acceptors (Lipinski definition) is 4. The number of thiocarbonyl (C=S) groups is 1. The van der Waals surface area contributed by atoms with Crippen molar-refractivity contribution in [3.63, 3.8) is 0 Å². The van der Waals surface area contributed by atoms with Gasteiger partial charge in [0.1, 0.15) is 5.75 Å². The van der Waals surface area contributed by atoms with Crippen LogP contribution in [0.25, 0.3) is 0 Å². The molecule has 1 aliphatic heterocycles. The van der Waals surface area contributed by atoms with Gasteiger partial charge in [-0.3, -0.25) is 9.69 Å². The molecular weight excluding hydrogens is 312 g/mol. The van der Waals surface area contributed by atoms with Gasteiger partial charge in [0.2, 0.25) is 5.91 Å². The number of carbonyl (C=O) groups excluding carboxylic acids is 1. The number of rotatable bonds is 4. The topological polar surface area (TPSA) is 48.1 Å². The van der Waals surface area contributed by atoms with Gasteiger partial charge in [0.25, 0.3) is 0 Å². The minimum Gasteiger partial charge on any atom is -0.497 e. The summed E-state index contributed by atoms with van der Waals surface area (Å²) in [7, 11) is 5.21. The number of benzene rings is 1. The van der Waals surface area contributed by atoms with Crippen LogP contribution in [-0.2, 0) is 4.79 Å². The number of nitrogens with zero attached hydrogens (tertiary/aromatic N) is 3.